The molecule has 0 aliphatic rings. The largest absolute Gasteiger partial charge is 0.497 e. The second-order valence-corrected chi connectivity index (χ2v) is 3.45. The number of nitriles is 1. The molecule has 1 rings (SSSR count). The Kier molecular flexibility index (Phi) is 4.37. The molecule has 0 saturated carbocycles. The molecular weight excluding hydrogens is 252 g/mol. The van der Waals surface area contributed by atoms with Gasteiger partial charge in [0.2, 0.25) is 0 Å². The molecule has 0 radical (unpaired) electrons. The van der Waals surface area contributed by atoms with Crippen LogP contribution in [-0.2, 0) is 0 Å². The van der Waals surface area contributed by atoms with Crippen molar-refractivity contribution >= 4 is 5.69 Å². The molecule has 1 aromatic carbocycles. The van der Waals surface area contributed by atoms with Gasteiger partial charge >= 0.3 is 6.18 Å². The molecule has 0 aliphatic heterocycles. The van der Waals surface area contributed by atoms with Crippen molar-refractivity contribution in [3.63, 3.8) is 0 Å². The number of rotatable bonds is 4. The molecular formula is C11H10F4N2O. The summed E-state index contributed by atoms with van der Waals surface area (Å²) < 4.78 is 55.0. The predicted molar refractivity (Wildman–Crippen MR) is 56.6 cm³/mol. The Labute approximate surface area is 101 Å². The molecule has 98 valence electrons. The third-order valence-corrected chi connectivity index (χ3v) is 2.22. The van der Waals surface area contributed by atoms with Crippen LogP contribution in [0, 0.1) is 23.1 Å². The van der Waals surface area contributed by atoms with Gasteiger partial charge in [-0.2, -0.15) is 18.4 Å². The number of benzene rings is 1. The smallest absolute Gasteiger partial charge is 0.406 e. The van der Waals surface area contributed by atoms with E-state index in [-0.39, 0.29) is 5.69 Å². The van der Waals surface area contributed by atoms with Crippen LogP contribution in [0.1, 0.15) is 0 Å². The normalized spacial score (nSPS) is 12.7. The lowest BCUT2D eigenvalue weighted by Crippen LogP contribution is -2.28. The van der Waals surface area contributed by atoms with Gasteiger partial charge < -0.3 is 10.1 Å². The Hall–Kier alpha value is -1.97. The van der Waals surface area contributed by atoms with Crippen molar-refractivity contribution in [2.45, 2.75) is 6.18 Å². The fourth-order valence-electron chi connectivity index (χ4n) is 1.21. The van der Waals surface area contributed by atoms with Gasteiger partial charge in [-0.05, 0) is 12.1 Å². The molecule has 0 fully saturated rings. The fourth-order valence-corrected chi connectivity index (χ4v) is 1.21. The second kappa shape index (κ2) is 5.58. The van der Waals surface area contributed by atoms with Gasteiger partial charge in [-0.3, -0.25) is 0 Å². The van der Waals surface area contributed by atoms with Gasteiger partial charge in [0.25, 0.3) is 0 Å². The zero-order valence-electron chi connectivity index (χ0n) is 9.38. The van der Waals surface area contributed by atoms with Crippen LogP contribution in [-0.4, -0.2) is 19.8 Å². The van der Waals surface area contributed by atoms with E-state index < -0.39 is 24.5 Å². The van der Waals surface area contributed by atoms with E-state index in [4.69, 9.17) is 10.00 Å². The van der Waals surface area contributed by atoms with Crippen LogP contribution in [0.4, 0.5) is 23.2 Å². The third kappa shape index (κ3) is 3.52. The van der Waals surface area contributed by atoms with E-state index in [1.54, 1.807) is 0 Å². The number of hydrogen-bond donors (Lipinski definition) is 1. The lowest BCUT2D eigenvalue weighted by atomic mass is 10.1. The summed E-state index contributed by atoms with van der Waals surface area (Å²) in [5, 5.41) is 10.6. The third-order valence-electron chi connectivity index (χ3n) is 2.22. The highest BCUT2D eigenvalue weighted by atomic mass is 19.4. The van der Waals surface area contributed by atoms with Crippen molar-refractivity contribution in [2.75, 3.05) is 19.0 Å². The van der Waals surface area contributed by atoms with Crippen molar-refractivity contribution < 1.29 is 22.3 Å². The first-order chi connectivity index (χ1) is 8.38. The van der Waals surface area contributed by atoms with E-state index in [1.165, 1.54) is 19.2 Å². The van der Waals surface area contributed by atoms with Crippen molar-refractivity contribution in [2.24, 2.45) is 5.92 Å². The molecule has 0 aromatic heterocycles. The highest BCUT2D eigenvalue weighted by Gasteiger charge is 2.39. The number of nitrogens with one attached hydrogen (secondary N) is 1. The minimum Gasteiger partial charge on any atom is -0.497 e. The number of halogens is 4. The Balaban J connectivity index is 2.77. The van der Waals surface area contributed by atoms with Crippen molar-refractivity contribution in [3.05, 3.63) is 24.0 Å². The average molecular weight is 262 g/mol. The predicted octanol–water partition coefficient (Wildman–Crippen LogP) is 2.95. The number of nitrogens with zero attached hydrogens (tertiary/aromatic N) is 1. The summed E-state index contributed by atoms with van der Waals surface area (Å²) in [6.07, 6.45) is -4.64. The molecule has 1 aromatic rings. The van der Waals surface area contributed by atoms with Crippen LogP contribution >= 0.6 is 0 Å². The first-order valence-electron chi connectivity index (χ1n) is 4.92. The molecule has 0 spiro atoms. The SMILES string of the molecule is COc1ccc(F)c(NCC(C#N)C(F)(F)F)c1. The maximum Gasteiger partial charge on any atom is 0.406 e. The first kappa shape index (κ1) is 14.1. The van der Waals surface area contributed by atoms with Crippen LogP contribution in [0.5, 0.6) is 5.75 Å². The molecule has 0 saturated heterocycles. The summed E-state index contributed by atoms with van der Waals surface area (Å²) >= 11 is 0. The summed E-state index contributed by atoms with van der Waals surface area (Å²) in [6.45, 7) is -0.718. The molecule has 0 heterocycles. The van der Waals surface area contributed by atoms with Crippen LogP contribution in [0.15, 0.2) is 18.2 Å². The standard InChI is InChI=1S/C11H10F4N2O/c1-18-8-2-3-9(12)10(4-8)17-6-7(5-16)11(13,14)15/h2-4,7,17H,6H2,1H3. The zero-order chi connectivity index (χ0) is 13.8. The lowest BCUT2D eigenvalue weighted by Gasteiger charge is -2.15. The molecule has 1 atom stereocenters. The van der Waals surface area contributed by atoms with Crippen molar-refractivity contribution in [1.29, 1.82) is 5.26 Å². The van der Waals surface area contributed by atoms with Gasteiger partial charge in [0.15, 0.2) is 5.92 Å². The van der Waals surface area contributed by atoms with E-state index >= 15 is 0 Å². The van der Waals surface area contributed by atoms with Gasteiger partial charge in [0.05, 0.1) is 18.9 Å². The molecule has 18 heavy (non-hydrogen) atoms. The topological polar surface area (TPSA) is 45.0 Å². The Morgan fingerprint density at radius 1 is 1.44 bits per heavy atom. The molecule has 1 unspecified atom stereocenters. The Morgan fingerprint density at radius 3 is 2.61 bits per heavy atom. The molecule has 0 bridgehead atoms. The maximum atomic E-state index is 13.3. The van der Waals surface area contributed by atoms with Crippen molar-refractivity contribution in [3.8, 4) is 11.8 Å². The quantitative estimate of drug-likeness (QED) is 0.848. The summed E-state index contributed by atoms with van der Waals surface area (Å²) in [6, 6.07) is 4.75. The molecule has 0 amide bonds. The second-order valence-electron chi connectivity index (χ2n) is 3.45. The molecule has 3 nitrogen and oxygen atoms in total. The number of methoxy groups -OCH3 is 1. The van der Waals surface area contributed by atoms with Gasteiger partial charge in [-0.25, -0.2) is 4.39 Å². The van der Waals surface area contributed by atoms with Gasteiger partial charge in [0, 0.05) is 12.6 Å². The van der Waals surface area contributed by atoms with Gasteiger partial charge in [-0.15, -0.1) is 0 Å². The van der Waals surface area contributed by atoms with Gasteiger partial charge in [0.1, 0.15) is 11.6 Å². The number of ether oxygens (including phenoxy) is 1. The van der Waals surface area contributed by atoms with Crippen LogP contribution in [0.3, 0.4) is 0 Å². The maximum absolute atomic E-state index is 13.3. The molecule has 1 N–H and O–H groups in total. The zero-order valence-corrected chi connectivity index (χ0v) is 9.38. The fraction of sp³-hybridized carbons (Fsp3) is 0.364. The Bertz CT molecular complexity index is 453. The van der Waals surface area contributed by atoms with Gasteiger partial charge in [-0.1, -0.05) is 0 Å². The summed E-state index contributed by atoms with van der Waals surface area (Å²) in [5.41, 5.74) is -0.140. The van der Waals surface area contributed by atoms with E-state index in [1.807, 2.05) is 0 Å². The van der Waals surface area contributed by atoms with E-state index in [0.717, 1.165) is 12.1 Å². The number of alkyl halides is 3. The number of hydrogen-bond acceptors (Lipinski definition) is 3. The molecule has 7 heteroatoms. The highest BCUT2D eigenvalue weighted by Crippen LogP contribution is 2.27. The van der Waals surface area contributed by atoms with E-state index in [9.17, 15) is 17.6 Å². The van der Waals surface area contributed by atoms with Crippen LogP contribution in [0.25, 0.3) is 0 Å². The minimum atomic E-state index is -4.64. The van der Waals surface area contributed by atoms with Crippen LogP contribution < -0.4 is 10.1 Å². The monoisotopic (exact) mass is 262 g/mol. The van der Waals surface area contributed by atoms with Crippen LogP contribution in [0.2, 0.25) is 0 Å². The van der Waals surface area contributed by atoms with E-state index in [2.05, 4.69) is 5.32 Å². The average Bonchev–Trinajstić information content (AvgIpc) is 2.30. The highest BCUT2D eigenvalue weighted by molar-refractivity contribution is 5.49. The van der Waals surface area contributed by atoms with E-state index in [0.29, 0.717) is 5.75 Å². The summed E-state index contributed by atoms with van der Waals surface area (Å²) in [4.78, 5) is 0. The van der Waals surface area contributed by atoms with Crippen molar-refractivity contribution in [1.82, 2.24) is 0 Å². The molecule has 0 aliphatic carbocycles. The number of anilines is 1. The minimum absolute atomic E-state index is 0.140. The Morgan fingerprint density at radius 2 is 2.11 bits per heavy atom. The summed E-state index contributed by atoms with van der Waals surface area (Å²) in [5.74, 6) is -2.60. The first-order valence-corrected chi connectivity index (χ1v) is 4.92. The lowest BCUT2D eigenvalue weighted by molar-refractivity contribution is -0.155. The summed E-state index contributed by atoms with van der Waals surface area (Å²) in [7, 11) is 1.35.